The first-order valence-electron chi connectivity index (χ1n) is 6.88. The molecule has 0 saturated heterocycles. The average Bonchev–Trinajstić information content (AvgIpc) is 2.87. The molecule has 116 valence electrons. The number of rotatable bonds is 2. The van der Waals surface area contributed by atoms with Crippen LogP contribution in [0.5, 0.6) is 0 Å². The summed E-state index contributed by atoms with van der Waals surface area (Å²) in [6.45, 7) is 0. The number of ether oxygens (including phenoxy) is 2. The Labute approximate surface area is 132 Å². The number of anilines is 1. The van der Waals surface area contributed by atoms with Gasteiger partial charge in [0.2, 0.25) is 0 Å². The van der Waals surface area contributed by atoms with Gasteiger partial charge in [-0.05, 0) is 12.0 Å². The first-order valence-corrected chi connectivity index (χ1v) is 6.88. The number of aromatic amines is 1. The maximum Gasteiger partial charge on any atom is 0.187 e. The molecular formula is C16H15N5O2. The largest absolute Gasteiger partial charge is 0.501 e. The number of hydrogen-bond donors (Lipinski definition) is 2. The maximum absolute atomic E-state index is 5.86. The van der Waals surface area contributed by atoms with Gasteiger partial charge in [-0.3, -0.25) is 5.10 Å². The fourth-order valence-electron chi connectivity index (χ4n) is 2.13. The molecule has 23 heavy (non-hydrogen) atoms. The molecule has 7 heteroatoms. The molecular weight excluding hydrogens is 294 g/mol. The summed E-state index contributed by atoms with van der Waals surface area (Å²) in [6.07, 6.45) is 7.65. The topological polar surface area (TPSA) is 98.9 Å². The summed E-state index contributed by atoms with van der Waals surface area (Å²) in [5.74, 6) is 7.93. The predicted molar refractivity (Wildman–Crippen MR) is 85.9 cm³/mol. The fraction of sp³-hybridized carbons (Fsp3) is 0.188. The number of methoxy groups -OCH3 is 2. The highest BCUT2D eigenvalue weighted by atomic mass is 16.5. The van der Waals surface area contributed by atoms with Gasteiger partial charge in [-0.1, -0.05) is 12.0 Å². The SMILES string of the molecule is COC1=CC(C#Cc2[nH]nc3ncnc(N)c23)=CCC(OC)=C1. The predicted octanol–water partition coefficient (Wildman–Crippen LogP) is 1.68. The summed E-state index contributed by atoms with van der Waals surface area (Å²) in [5.41, 5.74) is 7.75. The van der Waals surface area contributed by atoms with Crippen LogP contribution in [-0.4, -0.2) is 34.4 Å². The molecule has 3 rings (SSSR count). The zero-order valence-electron chi connectivity index (χ0n) is 12.8. The van der Waals surface area contributed by atoms with Crippen molar-refractivity contribution >= 4 is 16.9 Å². The molecule has 7 nitrogen and oxygen atoms in total. The summed E-state index contributed by atoms with van der Waals surface area (Å²) in [4.78, 5) is 8.01. The van der Waals surface area contributed by atoms with Crippen molar-refractivity contribution in [1.82, 2.24) is 20.2 Å². The second-order valence-corrected chi connectivity index (χ2v) is 4.74. The van der Waals surface area contributed by atoms with Crippen LogP contribution in [0.25, 0.3) is 11.0 Å². The molecule has 0 spiro atoms. The highest BCUT2D eigenvalue weighted by Gasteiger charge is 2.09. The number of allylic oxidation sites excluding steroid dienone is 4. The van der Waals surface area contributed by atoms with Crippen molar-refractivity contribution in [2.45, 2.75) is 6.42 Å². The van der Waals surface area contributed by atoms with Gasteiger partial charge in [-0.2, -0.15) is 5.10 Å². The third-order valence-corrected chi connectivity index (χ3v) is 3.33. The standard InChI is InChI=1S/C16H15N5O2/c1-22-11-5-3-10(7-12(8-11)23-2)4-6-13-14-15(17)18-9-19-16(14)21-20-13/h3,7-9H,5H2,1-2H3,(H3,17,18,19,20,21). The van der Waals surface area contributed by atoms with Crippen molar-refractivity contribution in [3.63, 3.8) is 0 Å². The van der Waals surface area contributed by atoms with Crippen LogP contribution in [0.1, 0.15) is 12.1 Å². The molecule has 1 aliphatic rings. The highest BCUT2D eigenvalue weighted by Crippen LogP contribution is 2.19. The van der Waals surface area contributed by atoms with Gasteiger partial charge in [-0.15, -0.1) is 0 Å². The van der Waals surface area contributed by atoms with Gasteiger partial charge < -0.3 is 15.2 Å². The van der Waals surface area contributed by atoms with E-state index >= 15 is 0 Å². The lowest BCUT2D eigenvalue weighted by atomic mass is 10.2. The Kier molecular flexibility index (Phi) is 3.97. The smallest absolute Gasteiger partial charge is 0.187 e. The minimum atomic E-state index is 0.347. The summed E-state index contributed by atoms with van der Waals surface area (Å²) in [7, 11) is 3.23. The van der Waals surface area contributed by atoms with Crippen molar-refractivity contribution in [3.05, 3.63) is 47.3 Å². The number of nitrogen functional groups attached to an aromatic ring is 1. The first-order chi connectivity index (χ1) is 11.2. The fourth-order valence-corrected chi connectivity index (χ4v) is 2.13. The lowest BCUT2D eigenvalue weighted by molar-refractivity contribution is 0.271. The Hall–Kier alpha value is -3.27. The van der Waals surface area contributed by atoms with Crippen LogP contribution < -0.4 is 5.73 Å². The molecule has 0 atom stereocenters. The molecule has 0 saturated carbocycles. The second kappa shape index (κ2) is 6.23. The van der Waals surface area contributed by atoms with Crippen LogP contribution in [0.3, 0.4) is 0 Å². The minimum absolute atomic E-state index is 0.347. The van der Waals surface area contributed by atoms with Crippen molar-refractivity contribution < 1.29 is 9.47 Å². The normalized spacial score (nSPS) is 14.1. The molecule has 0 fully saturated rings. The summed E-state index contributed by atoms with van der Waals surface area (Å²) in [5, 5.41) is 7.53. The van der Waals surface area contributed by atoms with Crippen LogP contribution in [-0.2, 0) is 9.47 Å². The zero-order chi connectivity index (χ0) is 16.2. The second-order valence-electron chi connectivity index (χ2n) is 4.74. The Morgan fingerprint density at radius 1 is 1.17 bits per heavy atom. The van der Waals surface area contributed by atoms with E-state index in [1.807, 2.05) is 18.2 Å². The quantitative estimate of drug-likeness (QED) is 0.819. The van der Waals surface area contributed by atoms with Gasteiger partial charge in [0.1, 0.15) is 29.4 Å². The van der Waals surface area contributed by atoms with E-state index in [0.29, 0.717) is 34.7 Å². The van der Waals surface area contributed by atoms with Crippen LogP contribution >= 0.6 is 0 Å². The molecule has 0 radical (unpaired) electrons. The number of fused-ring (bicyclic) bond motifs is 1. The molecule has 0 unspecified atom stereocenters. The van der Waals surface area contributed by atoms with Gasteiger partial charge >= 0.3 is 0 Å². The van der Waals surface area contributed by atoms with Crippen molar-refractivity contribution in [1.29, 1.82) is 0 Å². The lowest BCUT2D eigenvalue weighted by Gasteiger charge is -2.02. The molecule has 1 aliphatic carbocycles. The Bertz CT molecular complexity index is 896. The molecule has 0 aliphatic heterocycles. The first kappa shape index (κ1) is 14.7. The zero-order valence-corrected chi connectivity index (χ0v) is 12.8. The van der Waals surface area contributed by atoms with Crippen LogP contribution in [0.4, 0.5) is 5.82 Å². The van der Waals surface area contributed by atoms with E-state index in [2.05, 4.69) is 32.0 Å². The van der Waals surface area contributed by atoms with Gasteiger partial charge in [-0.25, -0.2) is 9.97 Å². The molecule has 2 heterocycles. The van der Waals surface area contributed by atoms with E-state index in [1.54, 1.807) is 14.2 Å². The molecule has 2 aromatic heterocycles. The molecule has 0 aromatic carbocycles. The Morgan fingerprint density at radius 3 is 2.83 bits per heavy atom. The van der Waals surface area contributed by atoms with Crippen LogP contribution in [0, 0.1) is 11.8 Å². The van der Waals surface area contributed by atoms with Crippen LogP contribution in [0.2, 0.25) is 0 Å². The van der Waals surface area contributed by atoms with Crippen LogP contribution in [0.15, 0.2) is 41.6 Å². The van der Waals surface area contributed by atoms with Gasteiger partial charge in [0, 0.05) is 18.1 Å². The highest BCUT2D eigenvalue weighted by molar-refractivity contribution is 5.89. The van der Waals surface area contributed by atoms with Gasteiger partial charge in [0.25, 0.3) is 0 Å². The molecule has 3 N–H and O–H groups in total. The number of H-pyrrole nitrogens is 1. The van der Waals surface area contributed by atoms with Gasteiger partial charge in [0.15, 0.2) is 5.65 Å². The Morgan fingerprint density at radius 2 is 2.04 bits per heavy atom. The van der Waals surface area contributed by atoms with E-state index in [-0.39, 0.29) is 0 Å². The number of aromatic nitrogens is 4. The van der Waals surface area contributed by atoms with E-state index in [4.69, 9.17) is 15.2 Å². The van der Waals surface area contributed by atoms with Crippen molar-refractivity contribution in [2.75, 3.05) is 20.0 Å². The summed E-state index contributed by atoms with van der Waals surface area (Å²) < 4.78 is 10.6. The Balaban J connectivity index is 1.96. The van der Waals surface area contributed by atoms with E-state index in [0.717, 1.165) is 11.3 Å². The molecule has 2 aromatic rings. The summed E-state index contributed by atoms with van der Waals surface area (Å²) >= 11 is 0. The van der Waals surface area contributed by atoms with E-state index in [9.17, 15) is 0 Å². The summed E-state index contributed by atoms with van der Waals surface area (Å²) in [6, 6.07) is 0. The average molecular weight is 309 g/mol. The number of nitrogens with two attached hydrogens (primary N) is 1. The van der Waals surface area contributed by atoms with E-state index < -0.39 is 0 Å². The number of nitrogens with one attached hydrogen (secondary N) is 1. The number of hydrogen-bond acceptors (Lipinski definition) is 6. The van der Waals surface area contributed by atoms with E-state index in [1.165, 1.54) is 6.33 Å². The van der Waals surface area contributed by atoms with Gasteiger partial charge in [0.05, 0.1) is 19.6 Å². The minimum Gasteiger partial charge on any atom is -0.501 e. The monoisotopic (exact) mass is 309 g/mol. The maximum atomic E-state index is 5.86. The number of nitrogens with zero attached hydrogens (tertiary/aromatic N) is 3. The molecule has 0 amide bonds. The molecule has 0 bridgehead atoms. The third kappa shape index (κ3) is 3.01. The third-order valence-electron chi connectivity index (χ3n) is 3.33. The van der Waals surface area contributed by atoms with Crippen molar-refractivity contribution in [3.8, 4) is 11.8 Å². The lowest BCUT2D eigenvalue weighted by Crippen LogP contribution is -1.92. The van der Waals surface area contributed by atoms with Crippen molar-refractivity contribution in [2.24, 2.45) is 0 Å².